The van der Waals surface area contributed by atoms with Crippen LogP contribution in [-0.2, 0) is 4.74 Å². The van der Waals surface area contributed by atoms with Crippen LogP contribution in [0.4, 0.5) is 0 Å². The quantitative estimate of drug-likeness (QED) is 0.161. The van der Waals surface area contributed by atoms with Crippen molar-refractivity contribution in [3.63, 3.8) is 0 Å². The third-order valence-electron chi connectivity index (χ3n) is 6.32. The number of ether oxygens (including phenoxy) is 6. The Morgan fingerprint density at radius 1 is 0.850 bits per heavy atom. The van der Waals surface area contributed by atoms with Gasteiger partial charge in [-0.25, -0.2) is 0 Å². The second-order valence-corrected chi connectivity index (χ2v) is 8.85. The lowest BCUT2D eigenvalue weighted by atomic mass is 9.99. The molecule has 1 aliphatic heterocycles. The summed E-state index contributed by atoms with van der Waals surface area (Å²) in [6.45, 7) is -1.37. The molecule has 1 saturated heterocycles. The molecule has 13 nitrogen and oxygen atoms in total. The van der Waals surface area contributed by atoms with Gasteiger partial charge in [0.1, 0.15) is 30.5 Å². The highest BCUT2D eigenvalue weighted by molar-refractivity contribution is 5.62. The molecule has 40 heavy (non-hydrogen) atoms. The van der Waals surface area contributed by atoms with Crippen molar-refractivity contribution in [2.45, 2.75) is 42.9 Å². The molecule has 1 aliphatic rings. The second kappa shape index (κ2) is 14.5. The molecule has 0 amide bonds. The van der Waals surface area contributed by atoms with Gasteiger partial charge < -0.3 is 64.2 Å². The van der Waals surface area contributed by atoms with Crippen LogP contribution in [0, 0.1) is 0 Å². The van der Waals surface area contributed by atoms with Crippen molar-refractivity contribution in [3.05, 3.63) is 47.5 Å². The number of methoxy groups -OCH3 is 3. The normalized spacial score (nSPS) is 24.4. The molecule has 0 aliphatic carbocycles. The molecule has 0 spiro atoms. The van der Waals surface area contributed by atoms with Crippen molar-refractivity contribution < 1.29 is 64.2 Å². The van der Waals surface area contributed by atoms with Gasteiger partial charge in [-0.15, -0.1) is 0 Å². The Balaban J connectivity index is 1.84. The predicted molar refractivity (Wildman–Crippen MR) is 140 cm³/mol. The van der Waals surface area contributed by atoms with Crippen LogP contribution in [0.15, 0.2) is 36.4 Å². The summed E-state index contributed by atoms with van der Waals surface area (Å²) in [6, 6.07) is 7.58. The Labute approximate surface area is 231 Å². The van der Waals surface area contributed by atoms with Gasteiger partial charge in [0.15, 0.2) is 29.1 Å². The van der Waals surface area contributed by atoms with Crippen molar-refractivity contribution in [1.82, 2.24) is 0 Å². The van der Waals surface area contributed by atoms with E-state index in [1.165, 1.54) is 45.6 Å². The van der Waals surface area contributed by atoms with Crippen LogP contribution in [-0.4, -0.2) is 114 Å². The lowest BCUT2D eigenvalue weighted by molar-refractivity contribution is -0.277. The topological polar surface area (TPSA) is 197 Å². The molecule has 0 bridgehead atoms. The minimum Gasteiger partial charge on any atom is -0.493 e. The molecule has 222 valence electrons. The van der Waals surface area contributed by atoms with E-state index in [4.69, 9.17) is 33.5 Å². The van der Waals surface area contributed by atoms with Crippen molar-refractivity contribution in [1.29, 1.82) is 0 Å². The number of rotatable bonds is 13. The largest absolute Gasteiger partial charge is 0.493 e. The van der Waals surface area contributed by atoms with Crippen LogP contribution in [0.25, 0.3) is 6.08 Å². The molecule has 7 N–H and O–H groups in total. The zero-order chi connectivity index (χ0) is 29.4. The predicted octanol–water partition coefficient (Wildman–Crippen LogP) is -0.630. The summed E-state index contributed by atoms with van der Waals surface area (Å²) < 4.78 is 33.2. The van der Waals surface area contributed by atoms with E-state index in [-0.39, 0.29) is 40.9 Å². The van der Waals surface area contributed by atoms with E-state index < -0.39 is 56.1 Å². The van der Waals surface area contributed by atoms with E-state index in [0.717, 1.165) is 0 Å². The van der Waals surface area contributed by atoms with Gasteiger partial charge in [0.25, 0.3) is 0 Å². The Morgan fingerprint density at radius 2 is 1.50 bits per heavy atom. The molecule has 3 rings (SSSR count). The highest BCUT2D eigenvalue weighted by atomic mass is 16.7. The van der Waals surface area contributed by atoms with E-state index >= 15 is 0 Å². The van der Waals surface area contributed by atoms with E-state index in [9.17, 15) is 30.6 Å². The molecule has 2 aromatic rings. The summed E-state index contributed by atoms with van der Waals surface area (Å²) in [5.41, 5.74) is 0.938. The first-order valence-electron chi connectivity index (χ1n) is 12.4. The van der Waals surface area contributed by atoms with Gasteiger partial charge in [-0.1, -0.05) is 18.2 Å². The SMILES string of the molecule is COc1cc([C@H](O)[C@H](CO)Oc2c(OC)cc(/C=C/CO)cc2OC)ccc1O[C@@H]1O[C@H](CO)[C@@H](O)[C@@H](O)[C@H]1O. The first-order chi connectivity index (χ1) is 19.2. The third-order valence-corrected chi connectivity index (χ3v) is 6.32. The summed E-state index contributed by atoms with van der Waals surface area (Å²) in [6.07, 6.45) is -6.75. The average molecular weight is 569 g/mol. The van der Waals surface area contributed by atoms with E-state index in [2.05, 4.69) is 0 Å². The van der Waals surface area contributed by atoms with Gasteiger partial charge in [-0.05, 0) is 35.4 Å². The standard InChI is InChI=1S/C27H36O13/c1-35-17-11-15(6-7-16(17)39-27-25(34)24(33)23(32)21(13-30)40-27)22(31)20(12-29)38-26-18(36-2)9-14(5-4-8-28)10-19(26)37-3/h4-7,9-11,20-25,27-34H,8,12-13H2,1-3H3/b5-4+/t20-,21+,22-,23+,24+,25+,27+/m0/s1. The summed E-state index contributed by atoms with van der Waals surface area (Å²) in [5, 5.41) is 69.9. The van der Waals surface area contributed by atoms with E-state index in [1.54, 1.807) is 18.2 Å². The zero-order valence-corrected chi connectivity index (χ0v) is 22.3. The molecule has 0 saturated carbocycles. The molecule has 0 aromatic heterocycles. The molecule has 13 heteroatoms. The third kappa shape index (κ3) is 6.95. The molecule has 1 heterocycles. The molecule has 2 aromatic carbocycles. The number of aliphatic hydroxyl groups excluding tert-OH is 7. The van der Waals surface area contributed by atoms with Crippen LogP contribution < -0.4 is 23.7 Å². The molecule has 0 unspecified atom stereocenters. The van der Waals surface area contributed by atoms with Crippen LogP contribution in [0.2, 0.25) is 0 Å². The highest BCUT2D eigenvalue weighted by Gasteiger charge is 2.45. The van der Waals surface area contributed by atoms with Crippen molar-refractivity contribution in [3.8, 4) is 28.7 Å². The summed E-state index contributed by atoms with van der Waals surface area (Å²) >= 11 is 0. The second-order valence-electron chi connectivity index (χ2n) is 8.85. The van der Waals surface area contributed by atoms with E-state index in [1.807, 2.05) is 0 Å². The first kappa shape index (κ1) is 31.4. The Morgan fingerprint density at radius 3 is 2.05 bits per heavy atom. The van der Waals surface area contributed by atoms with Crippen molar-refractivity contribution in [2.75, 3.05) is 41.2 Å². The fraction of sp³-hybridized carbons (Fsp3) is 0.481. The maximum atomic E-state index is 11.1. The van der Waals surface area contributed by atoms with Gasteiger partial charge in [0.05, 0.1) is 41.2 Å². The molecule has 0 radical (unpaired) electrons. The monoisotopic (exact) mass is 568 g/mol. The Kier molecular flexibility index (Phi) is 11.4. The van der Waals surface area contributed by atoms with Crippen LogP contribution in [0.5, 0.6) is 28.7 Å². The van der Waals surface area contributed by atoms with Crippen molar-refractivity contribution >= 4 is 6.08 Å². The van der Waals surface area contributed by atoms with Crippen LogP contribution in [0.3, 0.4) is 0 Å². The molecule has 7 atom stereocenters. The summed E-state index contributed by atoms with van der Waals surface area (Å²) in [7, 11) is 4.18. The van der Waals surface area contributed by atoms with Crippen LogP contribution >= 0.6 is 0 Å². The Bertz CT molecular complexity index is 1100. The van der Waals surface area contributed by atoms with Crippen LogP contribution in [0.1, 0.15) is 17.2 Å². The smallest absolute Gasteiger partial charge is 0.229 e. The van der Waals surface area contributed by atoms with Gasteiger partial charge in [0, 0.05) is 0 Å². The van der Waals surface area contributed by atoms with Gasteiger partial charge in [-0.3, -0.25) is 0 Å². The zero-order valence-electron chi connectivity index (χ0n) is 22.3. The Hall–Kier alpha value is -3.14. The lowest BCUT2D eigenvalue weighted by Crippen LogP contribution is -2.60. The number of benzene rings is 2. The van der Waals surface area contributed by atoms with Gasteiger partial charge in [0.2, 0.25) is 12.0 Å². The average Bonchev–Trinajstić information content (AvgIpc) is 2.98. The fourth-order valence-electron chi connectivity index (χ4n) is 4.12. The minimum absolute atomic E-state index is 0.0686. The maximum Gasteiger partial charge on any atom is 0.229 e. The summed E-state index contributed by atoms with van der Waals surface area (Å²) in [5.74, 6) is 0.852. The van der Waals surface area contributed by atoms with Gasteiger partial charge >= 0.3 is 0 Å². The highest BCUT2D eigenvalue weighted by Crippen LogP contribution is 2.41. The number of hydrogen-bond acceptors (Lipinski definition) is 13. The minimum atomic E-state index is -1.63. The number of aliphatic hydroxyl groups is 7. The van der Waals surface area contributed by atoms with E-state index in [0.29, 0.717) is 5.56 Å². The first-order valence-corrected chi connectivity index (χ1v) is 12.4. The number of hydrogen-bond donors (Lipinski definition) is 7. The van der Waals surface area contributed by atoms with Gasteiger partial charge in [-0.2, -0.15) is 0 Å². The maximum absolute atomic E-state index is 11.1. The molecular weight excluding hydrogens is 532 g/mol. The lowest BCUT2D eigenvalue weighted by Gasteiger charge is -2.39. The molecule has 1 fully saturated rings. The fourth-order valence-corrected chi connectivity index (χ4v) is 4.12. The van der Waals surface area contributed by atoms with Crippen molar-refractivity contribution in [2.24, 2.45) is 0 Å². The summed E-state index contributed by atoms with van der Waals surface area (Å²) in [4.78, 5) is 0. The molecular formula is C27H36O13.